The van der Waals surface area contributed by atoms with E-state index in [1.165, 1.54) is 88.0 Å². The molecule has 8 fully saturated rings. The minimum atomic E-state index is -0.558. The molecule has 31 heteroatoms. The standard InChI is InChI=1S/C23H22FN5O.3C21H21FN6O/c1-14-6-7-20(27-12-14)28-18-10-15-11-19(18)29(13-15)23(30)21-16(4-2-5-17(21)24)22-25-8-3-9-26-22;1-13-2-5-20(23-11-13)26-17-8-14-9-19(17)27(12-14)21(29)16-4-3-15(22)10-18(16)28-24-6-7-25-28;1-13-5-6-19(23-11-13)26-16-9-14-10-18(16)27(12-14)21(29)20-15(22)3-2-4-17(20)28-24-7-8-25-28;1-13-5-6-19(23-11-13)26-17-9-14-10-18(17)27(12-14)21(29)15-3-2-4-16(22)20(15)28-24-7-8-25-28/h2-9,12,15,18-19H,10-11,13H2,1H3,(H,27,28);2-7,10-11,14,17,19H,8-9,12H2,1H3,(H,23,26);2-8,11,14,16,18H,9-10,12H2,1H3,(H,23,26);2-8,11,14,17-18H,9-10,12H2,1H3,(H,23,26). The number of rotatable bonds is 16. The quantitative estimate of drug-likeness (QED) is 0.0653. The van der Waals surface area contributed by atoms with E-state index in [2.05, 4.69) is 81.8 Å². The molecule has 4 aliphatic heterocycles. The number of benzene rings is 4. The number of hydrogen-bond donors (Lipinski definition) is 4. The van der Waals surface area contributed by atoms with Gasteiger partial charge in [-0.05, 0) is 198 Å². The summed E-state index contributed by atoms with van der Waals surface area (Å²) in [5, 5.41) is 38.2. The lowest BCUT2D eigenvalue weighted by Crippen LogP contribution is -2.48. The van der Waals surface area contributed by atoms with E-state index in [1.807, 2.05) is 116 Å². The van der Waals surface area contributed by atoms with Gasteiger partial charge in [0.2, 0.25) is 0 Å². The number of fused-ring (bicyclic) bond motifs is 8. The van der Waals surface area contributed by atoms with Crippen LogP contribution in [0.25, 0.3) is 28.5 Å². The summed E-state index contributed by atoms with van der Waals surface area (Å²) in [4.78, 5) is 90.9. The van der Waals surface area contributed by atoms with E-state index in [9.17, 15) is 36.7 Å². The van der Waals surface area contributed by atoms with Gasteiger partial charge in [0.1, 0.15) is 63.3 Å². The van der Waals surface area contributed by atoms with Crippen molar-refractivity contribution in [2.24, 2.45) is 23.7 Å². The van der Waals surface area contributed by atoms with Gasteiger partial charge in [0, 0.05) is 99.2 Å². The van der Waals surface area contributed by atoms with Crippen molar-refractivity contribution in [3.8, 4) is 28.5 Å². The molecule has 12 unspecified atom stereocenters. The zero-order valence-electron chi connectivity index (χ0n) is 64.6. The van der Waals surface area contributed by atoms with Crippen molar-refractivity contribution >= 4 is 46.9 Å². The van der Waals surface area contributed by atoms with Crippen molar-refractivity contribution in [3.05, 3.63) is 270 Å². The first kappa shape index (κ1) is 76.4. The second kappa shape index (κ2) is 32.9. The molecule has 4 amide bonds. The van der Waals surface area contributed by atoms with Crippen molar-refractivity contribution < 1.29 is 36.7 Å². The van der Waals surface area contributed by atoms with Gasteiger partial charge < -0.3 is 40.9 Å². The van der Waals surface area contributed by atoms with E-state index in [0.29, 0.717) is 78.2 Å². The molecule has 0 radical (unpaired) electrons. The molecular formula is C86H85F4N23O4. The maximum atomic E-state index is 14.8. The molecule has 8 aliphatic rings. The Balaban J connectivity index is 0.000000112. The van der Waals surface area contributed by atoms with Crippen LogP contribution in [0.2, 0.25) is 0 Å². The van der Waals surface area contributed by atoms with Crippen LogP contribution in [0, 0.1) is 74.6 Å². The number of nitrogens with one attached hydrogen (secondary N) is 4. The highest BCUT2D eigenvalue weighted by molar-refractivity contribution is 6.02. The molecule has 20 rings (SSSR count). The van der Waals surface area contributed by atoms with Gasteiger partial charge in [0.15, 0.2) is 11.6 Å². The molecule has 12 aromatic rings. The molecule has 596 valence electrons. The monoisotopic (exact) mass is 1580 g/mol. The number of para-hydroxylation sites is 1. The third-order valence-corrected chi connectivity index (χ3v) is 23.5. The zero-order valence-corrected chi connectivity index (χ0v) is 64.6. The summed E-state index contributed by atoms with van der Waals surface area (Å²) >= 11 is 0. The maximum Gasteiger partial charge on any atom is 0.259 e. The molecule has 117 heavy (non-hydrogen) atoms. The van der Waals surface area contributed by atoms with Crippen LogP contribution in [0.15, 0.2) is 202 Å². The van der Waals surface area contributed by atoms with Gasteiger partial charge in [-0.25, -0.2) is 47.5 Å². The van der Waals surface area contributed by atoms with Crippen LogP contribution in [-0.2, 0) is 0 Å². The van der Waals surface area contributed by atoms with E-state index in [0.717, 1.165) is 96.9 Å². The Bertz CT molecular complexity index is 5510. The largest absolute Gasteiger partial charge is 0.365 e. The molecule has 4 saturated heterocycles. The molecule has 4 saturated carbocycles. The number of carbonyl (C=O) groups is 4. The average Bonchev–Trinajstić information content (AvgIpc) is 1.65. The minimum Gasteiger partial charge on any atom is -0.365 e. The van der Waals surface area contributed by atoms with Crippen LogP contribution in [-0.4, -0.2) is 193 Å². The molecular weight excluding hydrogens is 1500 g/mol. The van der Waals surface area contributed by atoms with Crippen LogP contribution < -0.4 is 21.3 Å². The summed E-state index contributed by atoms with van der Waals surface area (Å²) in [6, 6.07) is 36.0. The van der Waals surface area contributed by atoms with Crippen LogP contribution in [0.1, 0.15) is 115 Å². The van der Waals surface area contributed by atoms with Crippen molar-refractivity contribution in [3.63, 3.8) is 0 Å². The molecule has 12 atom stereocenters. The third-order valence-electron chi connectivity index (χ3n) is 23.5. The number of halogens is 4. The number of nitrogens with zero attached hydrogens (tertiary/aromatic N) is 19. The minimum absolute atomic E-state index is 0.00800. The summed E-state index contributed by atoms with van der Waals surface area (Å²) in [7, 11) is 0. The highest BCUT2D eigenvalue weighted by Crippen LogP contribution is 2.45. The number of amides is 4. The topological polar surface area (TPSA) is 299 Å². The van der Waals surface area contributed by atoms with E-state index in [4.69, 9.17) is 0 Å². The second-order valence-corrected chi connectivity index (χ2v) is 31.5. The Labute approximate surface area is 671 Å². The number of pyridine rings is 4. The molecule has 8 aromatic heterocycles. The van der Waals surface area contributed by atoms with Crippen molar-refractivity contribution in [1.82, 2.24) is 94.5 Å². The Morgan fingerprint density at radius 2 is 0.709 bits per heavy atom. The summed E-state index contributed by atoms with van der Waals surface area (Å²) in [5.41, 5.74) is 6.38. The Morgan fingerprint density at radius 1 is 0.342 bits per heavy atom. The van der Waals surface area contributed by atoms with Gasteiger partial charge in [-0.1, -0.05) is 48.5 Å². The van der Waals surface area contributed by atoms with Gasteiger partial charge in [-0.15, -0.1) is 4.80 Å². The molecule has 12 heterocycles. The lowest BCUT2D eigenvalue weighted by Gasteiger charge is -2.34. The van der Waals surface area contributed by atoms with Gasteiger partial charge in [0.05, 0.1) is 78.0 Å². The fourth-order valence-corrected chi connectivity index (χ4v) is 18.2. The van der Waals surface area contributed by atoms with E-state index in [1.54, 1.807) is 59.8 Å². The van der Waals surface area contributed by atoms with Gasteiger partial charge in [0.25, 0.3) is 23.6 Å². The molecule has 0 spiro atoms. The predicted octanol–water partition coefficient (Wildman–Crippen LogP) is 12.2. The zero-order chi connectivity index (χ0) is 80.5. The summed E-state index contributed by atoms with van der Waals surface area (Å²) in [6.45, 7) is 10.7. The fourth-order valence-electron chi connectivity index (χ4n) is 18.2. The third kappa shape index (κ3) is 16.1. The van der Waals surface area contributed by atoms with E-state index < -0.39 is 23.3 Å². The van der Waals surface area contributed by atoms with Crippen LogP contribution in [0.4, 0.5) is 40.8 Å². The number of aromatic nitrogens is 15. The van der Waals surface area contributed by atoms with Gasteiger partial charge >= 0.3 is 0 Å². The Morgan fingerprint density at radius 3 is 1.13 bits per heavy atom. The number of likely N-dealkylation sites (tertiary alicyclic amines) is 4. The predicted molar refractivity (Wildman–Crippen MR) is 427 cm³/mol. The molecule has 4 aliphatic carbocycles. The average molecular weight is 1580 g/mol. The van der Waals surface area contributed by atoms with Crippen molar-refractivity contribution in [1.29, 1.82) is 0 Å². The highest BCUT2D eigenvalue weighted by Gasteiger charge is 2.52. The first-order chi connectivity index (χ1) is 56.9. The van der Waals surface area contributed by atoms with Gasteiger partial charge in [-0.3, -0.25) is 19.2 Å². The molecule has 27 nitrogen and oxygen atoms in total. The van der Waals surface area contributed by atoms with Gasteiger partial charge in [-0.2, -0.15) is 40.2 Å². The number of piperidine rings is 4. The number of carbonyl (C=O) groups excluding carboxylic acids is 4. The lowest BCUT2D eigenvalue weighted by atomic mass is 10.0. The van der Waals surface area contributed by atoms with Crippen molar-refractivity contribution in [2.45, 2.75) is 127 Å². The molecule has 8 bridgehead atoms. The highest BCUT2D eigenvalue weighted by atomic mass is 19.1. The Kier molecular flexibility index (Phi) is 21.5. The lowest BCUT2D eigenvalue weighted by molar-refractivity contribution is 0.0680. The smallest absolute Gasteiger partial charge is 0.259 e. The first-order valence-electron chi connectivity index (χ1n) is 39.4. The van der Waals surface area contributed by atoms with Crippen LogP contribution >= 0.6 is 0 Å². The summed E-state index contributed by atoms with van der Waals surface area (Å²) < 4.78 is 58.0. The van der Waals surface area contributed by atoms with Crippen LogP contribution in [0.3, 0.4) is 0 Å². The molecule has 4 aromatic carbocycles. The summed E-state index contributed by atoms with van der Waals surface area (Å²) in [5.74, 6) is 2.33. The van der Waals surface area contributed by atoms with E-state index in [-0.39, 0.29) is 94.3 Å². The SMILES string of the molecule is Cc1ccc(NC2CC3CC2N(C(=O)c2c(F)cccc2-c2ncccn2)C3)nc1.Cc1ccc(NC2CC3CC2N(C(=O)c2c(F)cccc2-n2nccn2)C3)nc1.Cc1ccc(NC2CC3CC2N(C(=O)c2ccc(F)cc2-n2nccn2)C3)nc1.Cc1ccc(NC2CC3CC2N(C(=O)c2cccc(F)c2-n2nccn2)C3)nc1. The maximum absolute atomic E-state index is 14.8. The Hall–Kier alpha value is -13.2. The summed E-state index contributed by atoms with van der Waals surface area (Å²) in [6.07, 6.45) is 27.2. The van der Waals surface area contributed by atoms with Crippen molar-refractivity contribution in [2.75, 3.05) is 47.4 Å². The molecule has 4 N–H and O–H groups in total. The van der Waals surface area contributed by atoms with Crippen LogP contribution in [0.5, 0.6) is 0 Å². The van der Waals surface area contributed by atoms with E-state index >= 15 is 0 Å². The number of aryl methyl sites for hydroxylation is 4. The number of anilines is 4. The second-order valence-electron chi connectivity index (χ2n) is 31.5. The normalized spacial score (nSPS) is 22.7. The fraction of sp³-hybridized carbons (Fsp3) is 0.326. The number of hydrogen-bond acceptors (Lipinski definition) is 20. The first-order valence-corrected chi connectivity index (χ1v) is 39.4.